The van der Waals surface area contributed by atoms with Crippen LogP contribution in [0.3, 0.4) is 0 Å². The third-order valence-electron chi connectivity index (χ3n) is 3.91. The van der Waals surface area contributed by atoms with E-state index in [1.807, 2.05) is 25.1 Å². The molecular formula is C16H22O2. The highest BCUT2D eigenvalue weighted by Gasteiger charge is 2.40. The molecule has 1 aliphatic rings. The van der Waals surface area contributed by atoms with E-state index in [9.17, 15) is 5.11 Å². The summed E-state index contributed by atoms with van der Waals surface area (Å²) in [5, 5.41) is 10.6. The number of hydrogen-bond donors (Lipinski definition) is 1. The molecule has 0 amide bonds. The molecule has 1 atom stereocenters. The van der Waals surface area contributed by atoms with Gasteiger partial charge < -0.3 is 9.84 Å². The molecule has 1 saturated heterocycles. The molecule has 18 heavy (non-hydrogen) atoms. The van der Waals surface area contributed by atoms with Crippen LogP contribution in [-0.4, -0.2) is 24.4 Å². The fraction of sp³-hybridized carbons (Fsp3) is 0.500. The van der Waals surface area contributed by atoms with Gasteiger partial charge in [-0.25, -0.2) is 0 Å². The van der Waals surface area contributed by atoms with Crippen LogP contribution in [-0.2, 0) is 10.2 Å². The normalized spacial score (nSPS) is 20.3. The summed E-state index contributed by atoms with van der Waals surface area (Å²) in [6, 6.07) is 10.3. The molecule has 2 heteroatoms. The highest BCUT2D eigenvalue weighted by atomic mass is 16.5. The van der Waals surface area contributed by atoms with Crippen LogP contribution in [0.1, 0.15) is 31.7 Å². The minimum Gasteiger partial charge on any atom is -0.392 e. The number of aliphatic hydroxyl groups excluding tert-OH is 1. The van der Waals surface area contributed by atoms with Crippen LogP contribution < -0.4 is 0 Å². The van der Waals surface area contributed by atoms with Gasteiger partial charge in [0, 0.05) is 18.6 Å². The van der Waals surface area contributed by atoms with Gasteiger partial charge in [-0.15, -0.1) is 6.58 Å². The van der Waals surface area contributed by atoms with E-state index in [4.69, 9.17) is 4.74 Å². The average molecular weight is 246 g/mol. The summed E-state index contributed by atoms with van der Waals surface area (Å²) in [5.74, 6) is 0. The van der Waals surface area contributed by atoms with Gasteiger partial charge in [-0.1, -0.05) is 35.9 Å². The zero-order chi connectivity index (χ0) is 13.0. The smallest absolute Gasteiger partial charge is 0.0675 e. The molecule has 2 rings (SSSR count). The number of hydrogen-bond acceptors (Lipinski definition) is 2. The predicted octanol–water partition coefficient (Wildman–Crippen LogP) is 3.06. The van der Waals surface area contributed by atoms with Crippen LogP contribution in [0, 0.1) is 0 Å². The summed E-state index contributed by atoms with van der Waals surface area (Å²) in [4.78, 5) is 0. The monoisotopic (exact) mass is 246 g/mol. The Morgan fingerprint density at radius 3 is 2.50 bits per heavy atom. The average Bonchev–Trinajstić information content (AvgIpc) is 2.40. The third-order valence-corrected chi connectivity index (χ3v) is 3.91. The van der Waals surface area contributed by atoms with Gasteiger partial charge in [-0.05, 0) is 31.7 Å². The summed E-state index contributed by atoms with van der Waals surface area (Å²) >= 11 is 0. The van der Waals surface area contributed by atoms with Crippen LogP contribution in [0.4, 0.5) is 0 Å². The van der Waals surface area contributed by atoms with E-state index in [0.717, 1.165) is 31.6 Å². The molecule has 0 radical (unpaired) electrons. The molecule has 1 aliphatic heterocycles. The minimum atomic E-state index is -0.374. The molecule has 1 unspecified atom stereocenters. The van der Waals surface area contributed by atoms with Crippen molar-refractivity contribution in [2.24, 2.45) is 0 Å². The lowest BCUT2D eigenvalue weighted by atomic mass is 9.68. The van der Waals surface area contributed by atoms with Gasteiger partial charge >= 0.3 is 0 Å². The van der Waals surface area contributed by atoms with Gasteiger partial charge in [-0.2, -0.15) is 0 Å². The van der Waals surface area contributed by atoms with E-state index in [2.05, 4.69) is 18.7 Å². The SMILES string of the molecule is C=C(C)CC(O)C1(c2ccccc2)CCOCC1. The molecule has 1 aromatic carbocycles. The molecule has 0 spiro atoms. The molecule has 1 fully saturated rings. The molecule has 0 saturated carbocycles. The van der Waals surface area contributed by atoms with Crippen LogP contribution in [0.2, 0.25) is 0 Å². The second kappa shape index (κ2) is 5.68. The first-order valence-electron chi connectivity index (χ1n) is 6.61. The van der Waals surface area contributed by atoms with Crippen molar-refractivity contribution in [3.63, 3.8) is 0 Å². The molecule has 1 N–H and O–H groups in total. The quantitative estimate of drug-likeness (QED) is 0.827. The Hall–Kier alpha value is -1.12. The van der Waals surface area contributed by atoms with Crippen molar-refractivity contribution in [2.75, 3.05) is 13.2 Å². The van der Waals surface area contributed by atoms with Crippen LogP contribution in [0.25, 0.3) is 0 Å². The van der Waals surface area contributed by atoms with Crippen LogP contribution >= 0.6 is 0 Å². The minimum absolute atomic E-state index is 0.168. The molecule has 1 heterocycles. The third kappa shape index (κ3) is 2.65. The molecule has 0 bridgehead atoms. The van der Waals surface area contributed by atoms with Crippen molar-refractivity contribution in [3.05, 3.63) is 48.0 Å². The Bertz CT molecular complexity index is 391. The van der Waals surface area contributed by atoms with Crippen molar-refractivity contribution in [3.8, 4) is 0 Å². The van der Waals surface area contributed by atoms with Crippen LogP contribution in [0.5, 0.6) is 0 Å². The number of rotatable bonds is 4. The van der Waals surface area contributed by atoms with Crippen molar-refractivity contribution in [1.29, 1.82) is 0 Å². The lowest BCUT2D eigenvalue weighted by molar-refractivity contribution is -0.0153. The van der Waals surface area contributed by atoms with Gasteiger partial charge in [0.05, 0.1) is 6.10 Å². The Morgan fingerprint density at radius 1 is 1.33 bits per heavy atom. The molecule has 1 aromatic rings. The largest absolute Gasteiger partial charge is 0.392 e. The number of aliphatic hydroxyl groups is 1. The van der Waals surface area contributed by atoms with E-state index in [1.165, 1.54) is 5.56 Å². The highest BCUT2D eigenvalue weighted by Crippen LogP contribution is 2.39. The second-order valence-corrected chi connectivity index (χ2v) is 5.31. The van der Waals surface area contributed by atoms with Gasteiger partial charge in [0.1, 0.15) is 0 Å². The molecular weight excluding hydrogens is 224 g/mol. The fourth-order valence-electron chi connectivity index (χ4n) is 2.85. The maximum atomic E-state index is 10.6. The molecule has 2 nitrogen and oxygen atoms in total. The summed E-state index contributed by atoms with van der Waals surface area (Å²) in [5.41, 5.74) is 2.09. The van der Waals surface area contributed by atoms with Gasteiger partial charge in [0.2, 0.25) is 0 Å². The first kappa shape index (κ1) is 13.3. The van der Waals surface area contributed by atoms with Crippen LogP contribution in [0.15, 0.2) is 42.5 Å². The Kier molecular flexibility index (Phi) is 4.20. The predicted molar refractivity (Wildman–Crippen MR) is 73.6 cm³/mol. The summed E-state index contributed by atoms with van der Waals surface area (Å²) in [6.45, 7) is 7.35. The first-order valence-corrected chi connectivity index (χ1v) is 6.61. The highest BCUT2D eigenvalue weighted by molar-refractivity contribution is 5.28. The van der Waals surface area contributed by atoms with E-state index < -0.39 is 0 Å². The first-order chi connectivity index (χ1) is 8.65. The van der Waals surface area contributed by atoms with Gasteiger partial charge in [0.15, 0.2) is 0 Å². The summed E-state index contributed by atoms with van der Waals surface area (Å²) < 4.78 is 5.47. The Morgan fingerprint density at radius 2 is 1.94 bits per heavy atom. The number of benzene rings is 1. The summed E-state index contributed by atoms with van der Waals surface area (Å²) in [6.07, 6.45) is 2.05. The molecule has 98 valence electrons. The van der Waals surface area contributed by atoms with Crippen molar-refractivity contribution in [1.82, 2.24) is 0 Å². The standard InChI is InChI=1S/C16H22O2/c1-13(2)12-15(17)16(8-10-18-11-9-16)14-6-4-3-5-7-14/h3-7,15,17H,1,8-12H2,2H3. The second-order valence-electron chi connectivity index (χ2n) is 5.31. The maximum Gasteiger partial charge on any atom is 0.0675 e. The van der Waals surface area contributed by atoms with E-state index in [1.54, 1.807) is 0 Å². The van der Waals surface area contributed by atoms with Gasteiger partial charge in [-0.3, -0.25) is 0 Å². The zero-order valence-corrected chi connectivity index (χ0v) is 11.1. The molecule has 0 aromatic heterocycles. The Labute approximate surface area is 109 Å². The topological polar surface area (TPSA) is 29.5 Å². The van der Waals surface area contributed by atoms with Crippen molar-refractivity contribution >= 4 is 0 Å². The Balaban J connectivity index is 2.31. The lowest BCUT2D eigenvalue weighted by Gasteiger charge is -2.41. The fourth-order valence-corrected chi connectivity index (χ4v) is 2.85. The summed E-state index contributed by atoms with van der Waals surface area (Å²) in [7, 11) is 0. The van der Waals surface area contributed by atoms with E-state index >= 15 is 0 Å². The lowest BCUT2D eigenvalue weighted by Crippen LogP contribution is -2.44. The number of ether oxygens (including phenoxy) is 1. The van der Waals surface area contributed by atoms with Gasteiger partial charge in [0.25, 0.3) is 0 Å². The zero-order valence-electron chi connectivity index (χ0n) is 11.1. The van der Waals surface area contributed by atoms with E-state index in [-0.39, 0.29) is 11.5 Å². The van der Waals surface area contributed by atoms with Crippen molar-refractivity contribution in [2.45, 2.75) is 37.7 Å². The molecule has 0 aliphatic carbocycles. The van der Waals surface area contributed by atoms with E-state index in [0.29, 0.717) is 6.42 Å². The maximum absolute atomic E-state index is 10.6. The van der Waals surface area contributed by atoms with Crippen molar-refractivity contribution < 1.29 is 9.84 Å².